The van der Waals surface area contributed by atoms with Crippen LogP contribution in [0.4, 0.5) is 22.7 Å². The number of rotatable bonds is 4. The Kier molecular flexibility index (Phi) is 4.23. The quantitative estimate of drug-likeness (QED) is 0.379. The van der Waals surface area contributed by atoms with Gasteiger partial charge in [-0.25, -0.2) is 0 Å². The fourth-order valence-corrected chi connectivity index (χ4v) is 2.89. The predicted molar refractivity (Wildman–Crippen MR) is 88.3 cm³/mol. The molecule has 0 heterocycles. The van der Waals surface area contributed by atoms with E-state index in [1.165, 1.54) is 11.8 Å². The zero-order valence-corrected chi connectivity index (χ0v) is 12.6. The molecular weight excluding hydrogens is 288 g/mol. The maximum Gasteiger partial charge on any atom is 0.161 e. The van der Waals surface area contributed by atoms with E-state index in [0.717, 1.165) is 9.79 Å². The molecule has 0 unspecified atom stereocenters. The number of nitrogen functional groups attached to an aromatic ring is 2. The van der Waals surface area contributed by atoms with Gasteiger partial charge in [0.25, 0.3) is 0 Å². The molecule has 0 bridgehead atoms. The van der Waals surface area contributed by atoms with E-state index in [4.69, 9.17) is 11.5 Å². The van der Waals surface area contributed by atoms with Crippen LogP contribution in [0.2, 0.25) is 0 Å². The third kappa shape index (κ3) is 3.03. The Morgan fingerprint density at radius 1 is 0.810 bits per heavy atom. The summed E-state index contributed by atoms with van der Waals surface area (Å²) >= 11 is 1.43. The highest BCUT2D eigenvalue weighted by molar-refractivity contribution is 7.99. The number of benzene rings is 2. The summed E-state index contributed by atoms with van der Waals surface area (Å²) in [5, 5.41) is 25.4. The molecule has 0 fully saturated rings. The van der Waals surface area contributed by atoms with E-state index >= 15 is 0 Å². The number of aromatic hydroxyl groups is 2. The molecule has 6 nitrogen and oxygen atoms in total. The largest absolute Gasteiger partial charge is 0.504 e. The second kappa shape index (κ2) is 5.92. The normalized spacial score (nSPS) is 10.4. The molecule has 0 saturated carbocycles. The Morgan fingerprint density at radius 3 is 1.52 bits per heavy atom. The van der Waals surface area contributed by atoms with E-state index in [9.17, 15) is 10.2 Å². The molecule has 2 aromatic carbocycles. The van der Waals surface area contributed by atoms with Crippen LogP contribution in [0.5, 0.6) is 11.5 Å². The second-order valence-electron chi connectivity index (χ2n) is 4.42. The van der Waals surface area contributed by atoms with Crippen LogP contribution in [0.15, 0.2) is 34.1 Å². The first-order valence-electron chi connectivity index (χ1n) is 6.24. The molecule has 7 heteroatoms. The topological polar surface area (TPSA) is 117 Å². The summed E-state index contributed by atoms with van der Waals surface area (Å²) in [7, 11) is 3.42. The van der Waals surface area contributed by atoms with E-state index in [1.807, 2.05) is 0 Å². The second-order valence-corrected chi connectivity index (χ2v) is 5.57. The van der Waals surface area contributed by atoms with E-state index in [2.05, 4.69) is 10.6 Å². The molecule has 0 aliphatic rings. The molecule has 0 aromatic heterocycles. The monoisotopic (exact) mass is 306 g/mol. The minimum atomic E-state index is 0.0305. The molecule has 2 rings (SSSR count). The Hall–Kier alpha value is -2.41. The van der Waals surface area contributed by atoms with E-state index in [0.29, 0.717) is 22.7 Å². The van der Waals surface area contributed by atoms with Gasteiger partial charge >= 0.3 is 0 Å². The van der Waals surface area contributed by atoms with E-state index in [1.54, 1.807) is 38.4 Å². The van der Waals surface area contributed by atoms with Crippen molar-refractivity contribution in [3.8, 4) is 11.5 Å². The molecule has 0 radical (unpaired) electrons. The minimum absolute atomic E-state index is 0.0305. The van der Waals surface area contributed by atoms with Crippen LogP contribution in [0.3, 0.4) is 0 Å². The van der Waals surface area contributed by atoms with Gasteiger partial charge in [-0.15, -0.1) is 0 Å². The average Bonchev–Trinajstić information content (AvgIpc) is 2.46. The number of nitrogens with two attached hydrogens (primary N) is 2. The molecule has 112 valence electrons. The van der Waals surface area contributed by atoms with Crippen LogP contribution in [0.1, 0.15) is 0 Å². The highest BCUT2D eigenvalue weighted by Gasteiger charge is 2.11. The summed E-state index contributed by atoms with van der Waals surface area (Å²) < 4.78 is 0. The van der Waals surface area contributed by atoms with Crippen molar-refractivity contribution in [2.75, 3.05) is 36.2 Å². The third-order valence-corrected chi connectivity index (χ3v) is 3.94. The van der Waals surface area contributed by atoms with Crippen molar-refractivity contribution in [1.29, 1.82) is 0 Å². The number of hydrogen-bond acceptors (Lipinski definition) is 7. The molecule has 0 saturated heterocycles. The highest BCUT2D eigenvalue weighted by Crippen LogP contribution is 2.41. The summed E-state index contributed by atoms with van der Waals surface area (Å²) in [6, 6.07) is 6.95. The number of phenolic OH excluding ortho intramolecular Hbond substituents is 2. The lowest BCUT2D eigenvalue weighted by Gasteiger charge is -2.12. The van der Waals surface area contributed by atoms with Crippen LogP contribution in [-0.4, -0.2) is 24.3 Å². The van der Waals surface area contributed by atoms with Crippen molar-refractivity contribution >= 4 is 34.5 Å². The van der Waals surface area contributed by atoms with E-state index in [-0.39, 0.29) is 11.5 Å². The Balaban J connectivity index is 2.38. The van der Waals surface area contributed by atoms with Crippen molar-refractivity contribution in [3.63, 3.8) is 0 Å². The maximum absolute atomic E-state index is 9.79. The molecule has 0 aliphatic heterocycles. The lowest BCUT2D eigenvalue weighted by atomic mass is 10.2. The lowest BCUT2D eigenvalue weighted by molar-refractivity contribution is 0.479. The van der Waals surface area contributed by atoms with Crippen LogP contribution in [0, 0.1) is 0 Å². The van der Waals surface area contributed by atoms with Crippen LogP contribution < -0.4 is 22.1 Å². The first-order chi connectivity index (χ1) is 9.96. The molecule has 0 spiro atoms. The average molecular weight is 306 g/mol. The van der Waals surface area contributed by atoms with Gasteiger partial charge in [-0.3, -0.25) is 0 Å². The molecular formula is C14H18N4O2S. The predicted octanol–water partition coefficient (Wildman–Crippen LogP) is 2.50. The SMILES string of the molecule is CNc1cc(Sc2cc(N)c(O)c(NC)c2)cc(N)c1O. The van der Waals surface area contributed by atoms with Crippen molar-refractivity contribution < 1.29 is 10.2 Å². The first kappa shape index (κ1) is 15.0. The van der Waals surface area contributed by atoms with Crippen LogP contribution in [0.25, 0.3) is 0 Å². The summed E-state index contributed by atoms with van der Waals surface area (Å²) in [6.45, 7) is 0. The van der Waals surface area contributed by atoms with Crippen LogP contribution in [-0.2, 0) is 0 Å². The van der Waals surface area contributed by atoms with Gasteiger partial charge in [-0.1, -0.05) is 11.8 Å². The van der Waals surface area contributed by atoms with Crippen molar-refractivity contribution in [1.82, 2.24) is 0 Å². The smallest absolute Gasteiger partial charge is 0.161 e. The lowest BCUT2D eigenvalue weighted by Crippen LogP contribution is -1.95. The molecule has 8 N–H and O–H groups in total. The van der Waals surface area contributed by atoms with Crippen molar-refractivity contribution in [2.24, 2.45) is 0 Å². The van der Waals surface area contributed by atoms with Gasteiger partial charge in [-0.2, -0.15) is 0 Å². The fourth-order valence-electron chi connectivity index (χ4n) is 1.89. The first-order valence-corrected chi connectivity index (χ1v) is 7.06. The summed E-state index contributed by atoms with van der Waals surface area (Å²) in [5.74, 6) is 0.0611. The summed E-state index contributed by atoms with van der Waals surface area (Å²) in [4.78, 5) is 1.70. The number of phenols is 2. The highest BCUT2D eigenvalue weighted by atomic mass is 32.2. The minimum Gasteiger partial charge on any atom is -0.504 e. The number of anilines is 4. The van der Waals surface area contributed by atoms with Gasteiger partial charge < -0.3 is 32.3 Å². The molecule has 2 aromatic rings. The standard InChI is InChI=1S/C14H18N4O2S/c1-17-11-5-7(3-9(15)13(11)19)21-8-4-10(16)14(20)12(6-8)18-2/h3-6,17-20H,15-16H2,1-2H3. The molecule has 0 atom stereocenters. The zero-order chi connectivity index (χ0) is 15.6. The molecule has 0 amide bonds. The fraction of sp³-hybridized carbons (Fsp3) is 0.143. The van der Waals surface area contributed by atoms with Gasteiger partial charge in [0.1, 0.15) is 0 Å². The number of hydrogen-bond donors (Lipinski definition) is 6. The van der Waals surface area contributed by atoms with Crippen molar-refractivity contribution in [2.45, 2.75) is 9.79 Å². The molecule has 0 aliphatic carbocycles. The maximum atomic E-state index is 9.79. The Labute approximate surface area is 127 Å². The Bertz CT molecular complexity index is 619. The van der Waals surface area contributed by atoms with Gasteiger partial charge in [0.15, 0.2) is 11.5 Å². The zero-order valence-electron chi connectivity index (χ0n) is 11.8. The van der Waals surface area contributed by atoms with Gasteiger partial charge in [0.2, 0.25) is 0 Å². The molecule has 21 heavy (non-hydrogen) atoms. The van der Waals surface area contributed by atoms with Crippen LogP contribution >= 0.6 is 11.8 Å². The van der Waals surface area contributed by atoms with Gasteiger partial charge in [-0.05, 0) is 24.3 Å². The Morgan fingerprint density at radius 2 is 1.19 bits per heavy atom. The van der Waals surface area contributed by atoms with Gasteiger partial charge in [0.05, 0.1) is 22.7 Å². The summed E-state index contributed by atoms with van der Waals surface area (Å²) in [5.41, 5.74) is 13.3. The number of nitrogens with one attached hydrogen (secondary N) is 2. The van der Waals surface area contributed by atoms with E-state index < -0.39 is 0 Å². The third-order valence-electron chi connectivity index (χ3n) is 3.00. The summed E-state index contributed by atoms with van der Waals surface area (Å²) in [6.07, 6.45) is 0. The van der Waals surface area contributed by atoms with Crippen molar-refractivity contribution in [3.05, 3.63) is 24.3 Å². The van der Waals surface area contributed by atoms with Gasteiger partial charge in [0, 0.05) is 23.9 Å².